The maximum Gasteiger partial charge on any atom is 0.138 e. The summed E-state index contributed by atoms with van der Waals surface area (Å²) < 4.78 is 20.2. The van der Waals surface area contributed by atoms with E-state index in [-0.39, 0.29) is 5.82 Å². The number of nitrogens with zero attached hydrogens (tertiary/aromatic N) is 3. The van der Waals surface area contributed by atoms with Crippen molar-refractivity contribution in [3.8, 4) is 39.5 Å². The van der Waals surface area contributed by atoms with Crippen molar-refractivity contribution in [2.75, 3.05) is 0 Å². The van der Waals surface area contributed by atoms with Gasteiger partial charge in [-0.05, 0) is 71.6 Å². The first-order chi connectivity index (χ1) is 19.6. The number of pyridine rings is 2. The molecular formula is C33H24FN5O. The first-order valence-electron chi connectivity index (χ1n) is 13.0. The van der Waals surface area contributed by atoms with Crippen molar-refractivity contribution >= 4 is 21.9 Å². The Hall–Kier alpha value is -5.30. The van der Waals surface area contributed by atoms with Crippen molar-refractivity contribution in [1.29, 1.82) is 0 Å². The lowest BCUT2D eigenvalue weighted by atomic mass is 10.00. The van der Waals surface area contributed by atoms with Gasteiger partial charge in [0.1, 0.15) is 29.4 Å². The van der Waals surface area contributed by atoms with E-state index >= 15 is 0 Å². The highest BCUT2D eigenvalue weighted by atomic mass is 19.1. The highest BCUT2D eigenvalue weighted by Gasteiger charge is 2.16. The van der Waals surface area contributed by atoms with Gasteiger partial charge in [0.05, 0.1) is 23.1 Å². The Morgan fingerprint density at radius 2 is 1.73 bits per heavy atom. The third-order valence-corrected chi connectivity index (χ3v) is 6.94. The summed E-state index contributed by atoms with van der Waals surface area (Å²) in [6.07, 6.45) is 3.48. The summed E-state index contributed by atoms with van der Waals surface area (Å²) in [6.45, 7) is 2.36. The molecule has 4 aromatic heterocycles. The van der Waals surface area contributed by atoms with Crippen LogP contribution in [0.2, 0.25) is 0 Å². The average molecular weight is 526 g/mol. The highest BCUT2D eigenvalue weighted by molar-refractivity contribution is 6.00. The zero-order valence-corrected chi connectivity index (χ0v) is 21.6. The smallest absolute Gasteiger partial charge is 0.138 e. The number of halogens is 1. The highest BCUT2D eigenvalue weighted by Crippen LogP contribution is 2.35. The second-order valence-corrected chi connectivity index (χ2v) is 9.82. The van der Waals surface area contributed by atoms with Crippen LogP contribution < -0.4 is 4.74 Å². The van der Waals surface area contributed by atoms with Crippen LogP contribution in [-0.4, -0.2) is 25.1 Å². The molecule has 4 heterocycles. The molecule has 0 aliphatic rings. The van der Waals surface area contributed by atoms with E-state index in [9.17, 15) is 4.39 Å². The van der Waals surface area contributed by atoms with Crippen molar-refractivity contribution in [2.24, 2.45) is 0 Å². The lowest BCUT2D eigenvalue weighted by molar-refractivity contribution is 0.305. The topological polar surface area (TPSA) is 79.5 Å². The predicted octanol–water partition coefficient (Wildman–Crippen LogP) is 7.86. The summed E-state index contributed by atoms with van der Waals surface area (Å²) >= 11 is 0. The number of fused-ring (bicyclic) bond motifs is 2. The van der Waals surface area contributed by atoms with Gasteiger partial charge in [0.15, 0.2) is 0 Å². The number of hydrogen-bond donors (Lipinski definition) is 2. The van der Waals surface area contributed by atoms with E-state index in [4.69, 9.17) is 9.72 Å². The number of hydrogen-bond acceptors (Lipinski definition) is 4. The molecule has 7 heteroatoms. The molecule has 7 aromatic rings. The molecule has 0 radical (unpaired) electrons. The van der Waals surface area contributed by atoms with Crippen molar-refractivity contribution in [1.82, 2.24) is 25.1 Å². The molecule has 0 saturated heterocycles. The van der Waals surface area contributed by atoms with Crippen molar-refractivity contribution < 1.29 is 9.13 Å². The first kappa shape index (κ1) is 23.8. The average Bonchev–Trinajstić information content (AvgIpc) is 3.60. The summed E-state index contributed by atoms with van der Waals surface area (Å²) in [5, 5.41) is 8.67. The number of nitrogens with one attached hydrogen (secondary N) is 2. The Labute approximate surface area is 229 Å². The van der Waals surface area contributed by atoms with E-state index < -0.39 is 0 Å². The number of aryl methyl sites for hydroxylation is 1. The lowest BCUT2D eigenvalue weighted by Crippen LogP contribution is -1.96. The predicted molar refractivity (Wildman–Crippen MR) is 155 cm³/mol. The molecule has 0 saturated carbocycles. The van der Waals surface area contributed by atoms with Gasteiger partial charge < -0.3 is 9.72 Å². The van der Waals surface area contributed by atoms with Crippen LogP contribution in [0.4, 0.5) is 4.39 Å². The number of benzene rings is 3. The standard InChI is InChI=1S/C33H24FN5O/c1-20-12-22(14-24(34)13-20)26-8-5-9-29-27(26)16-31(36-29)33-32-30(38-39-33)11-10-28(37-32)23-15-25(18-35-17-23)40-19-21-6-3-2-4-7-21/h2-18,36H,19H2,1H3,(H,38,39). The second-order valence-electron chi connectivity index (χ2n) is 9.82. The summed E-state index contributed by atoms with van der Waals surface area (Å²) in [5.41, 5.74) is 9.40. The van der Waals surface area contributed by atoms with Crippen LogP contribution in [-0.2, 0) is 6.61 Å². The summed E-state index contributed by atoms with van der Waals surface area (Å²) in [4.78, 5) is 12.8. The molecule has 194 valence electrons. The normalized spacial score (nSPS) is 11.3. The minimum atomic E-state index is -0.248. The summed E-state index contributed by atoms with van der Waals surface area (Å²) in [6, 6.07) is 29.0. The van der Waals surface area contributed by atoms with Gasteiger partial charge in [-0.25, -0.2) is 9.37 Å². The van der Waals surface area contributed by atoms with Gasteiger partial charge in [-0.15, -0.1) is 0 Å². The van der Waals surface area contributed by atoms with Gasteiger partial charge >= 0.3 is 0 Å². The molecule has 0 aliphatic heterocycles. The van der Waals surface area contributed by atoms with Crippen molar-refractivity contribution in [3.05, 3.63) is 120 Å². The molecular weight excluding hydrogens is 501 g/mol. The van der Waals surface area contributed by atoms with Crippen LogP contribution >= 0.6 is 0 Å². The molecule has 0 bridgehead atoms. The number of H-pyrrole nitrogens is 2. The zero-order valence-electron chi connectivity index (χ0n) is 21.6. The number of rotatable bonds is 6. The molecule has 0 spiro atoms. The molecule has 2 N–H and O–H groups in total. The van der Waals surface area contributed by atoms with Gasteiger partial charge in [-0.3, -0.25) is 10.1 Å². The van der Waals surface area contributed by atoms with E-state index in [0.717, 1.165) is 61.1 Å². The molecule has 6 nitrogen and oxygen atoms in total. The minimum Gasteiger partial charge on any atom is -0.487 e. The second kappa shape index (κ2) is 9.78. The Bertz CT molecular complexity index is 1970. The van der Waals surface area contributed by atoms with Gasteiger partial charge in [0.2, 0.25) is 0 Å². The molecule has 40 heavy (non-hydrogen) atoms. The van der Waals surface area contributed by atoms with E-state index in [2.05, 4.69) is 26.2 Å². The van der Waals surface area contributed by atoms with Crippen LogP contribution in [0.15, 0.2) is 103 Å². The summed E-state index contributed by atoms with van der Waals surface area (Å²) in [7, 11) is 0. The van der Waals surface area contributed by atoms with Crippen molar-refractivity contribution in [2.45, 2.75) is 13.5 Å². The maximum absolute atomic E-state index is 14.2. The van der Waals surface area contributed by atoms with E-state index in [1.807, 2.05) is 79.7 Å². The minimum absolute atomic E-state index is 0.248. The van der Waals surface area contributed by atoms with Gasteiger partial charge in [-0.1, -0.05) is 48.5 Å². The molecule has 0 fully saturated rings. The van der Waals surface area contributed by atoms with Crippen LogP contribution in [0.3, 0.4) is 0 Å². The van der Waals surface area contributed by atoms with Crippen LogP contribution in [0.1, 0.15) is 11.1 Å². The number of aromatic nitrogens is 5. The first-order valence-corrected chi connectivity index (χ1v) is 13.0. The van der Waals surface area contributed by atoms with Crippen LogP contribution in [0.25, 0.3) is 55.7 Å². The monoisotopic (exact) mass is 525 g/mol. The fourth-order valence-electron chi connectivity index (χ4n) is 5.05. The van der Waals surface area contributed by atoms with Crippen molar-refractivity contribution in [3.63, 3.8) is 0 Å². The third-order valence-electron chi connectivity index (χ3n) is 6.94. The van der Waals surface area contributed by atoms with E-state index in [1.165, 1.54) is 6.07 Å². The number of ether oxygens (including phenoxy) is 1. The van der Waals surface area contributed by atoms with E-state index in [0.29, 0.717) is 18.1 Å². The molecule has 3 aromatic carbocycles. The molecule has 0 unspecified atom stereocenters. The third kappa shape index (κ3) is 4.47. The van der Waals surface area contributed by atoms with E-state index in [1.54, 1.807) is 18.5 Å². The summed E-state index contributed by atoms with van der Waals surface area (Å²) in [5.74, 6) is 0.424. The van der Waals surface area contributed by atoms with Gasteiger partial charge in [0.25, 0.3) is 0 Å². The SMILES string of the molecule is Cc1cc(F)cc(-c2cccc3[nH]c(-c4n[nH]c5ccc(-c6cncc(OCc7ccccc7)c6)nc45)cc23)c1. The zero-order chi connectivity index (χ0) is 27.1. The maximum atomic E-state index is 14.2. The molecule has 0 aliphatic carbocycles. The Kier molecular flexibility index (Phi) is 5.82. The number of aromatic amines is 2. The van der Waals surface area contributed by atoms with Gasteiger partial charge in [-0.2, -0.15) is 5.10 Å². The fraction of sp³-hybridized carbons (Fsp3) is 0.0606. The Morgan fingerprint density at radius 1 is 0.825 bits per heavy atom. The lowest BCUT2D eigenvalue weighted by Gasteiger charge is -2.08. The largest absolute Gasteiger partial charge is 0.487 e. The molecule has 7 rings (SSSR count). The van der Waals surface area contributed by atoms with Gasteiger partial charge in [0, 0.05) is 22.7 Å². The Balaban J connectivity index is 1.25. The fourth-order valence-corrected chi connectivity index (χ4v) is 5.05. The Morgan fingerprint density at radius 3 is 2.60 bits per heavy atom. The van der Waals surface area contributed by atoms with Crippen LogP contribution in [0.5, 0.6) is 5.75 Å². The molecule has 0 amide bonds. The van der Waals surface area contributed by atoms with Crippen LogP contribution in [0, 0.1) is 12.7 Å². The quantitative estimate of drug-likeness (QED) is 0.232. The molecule has 0 atom stereocenters.